The zero-order valence-electron chi connectivity index (χ0n) is 21.2. The fraction of sp³-hybridized carbons (Fsp3) is 0.281. The molecular formula is C32H34ClN2+. The van der Waals surface area contributed by atoms with Crippen molar-refractivity contribution in [3.05, 3.63) is 99.1 Å². The number of benzene rings is 2. The van der Waals surface area contributed by atoms with E-state index in [1.54, 1.807) is 0 Å². The number of halogens is 1. The second kappa shape index (κ2) is 9.17. The first kappa shape index (κ1) is 23.6. The summed E-state index contributed by atoms with van der Waals surface area (Å²) in [5.74, 6) is 0. The van der Waals surface area contributed by atoms with Crippen LogP contribution in [0.25, 0.3) is 23.6 Å². The average Bonchev–Trinajstić information content (AvgIpc) is 3.43. The summed E-state index contributed by atoms with van der Waals surface area (Å²) in [6.07, 6.45) is 10.8. The van der Waals surface area contributed by atoms with E-state index >= 15 is 0 Å². The molecule has 0 N–H and O–H groups in total. The third-order valence-electron chi connectivity index (χ3n) is 7.66. The van der Waals surface area contributed by atoms with Gasteiger partial charge in [0.05, 0.1) is 5.41 Å². The Balaban J connectivity index is 1.50. The van der Waals surface area contributed by atoms with Crippen LogP contribution in [0.4, 0.5) is 5.69 Å². The topological polar surface area (TPSA) is 7.94 Å². The maximum Gasteiger partial charge on any atom is 0.209 e. The number of hydrogen-bond donors (Lipinski definition) is 0. The van der Waals surface area contributed by atoms with Gasteiger partial charge in [0.2, 0.25) is 5.69 Å². The zero-order chi connectivity index (χ0) is 24.7. The van der Waals surface area contributed by atoms with Gasteiger partial charge in [-0.25, -0.2) is 0 Å². The Morgan fingerprint density at radius 2 is 1.74 bits per heavy atom. The fourth-order valence-corrected chi connectivity index (χ4v) is 6.09. The van der Waals surface area contributed by atoms with E-state index in [1.807, 2.05) is 0 Å². The summed E-state index contributed by atoms with van der Waals surface area (Å²) in [7, 11) is 0. The zero-order valence-corrected chi connectivity index (χ0v) is 22.0. The van der Waals surface area contributed by atoms with Crippen molar-refractivity contribution in [3.63, 3.8) is 0 Å². The molecule has 2 nitrogen and oxygen atoms in total. The molecule has 2 aromatic carbocycles. The highest BCUT2D eigenvalue weighted by atomic mass is 35.5. The molecule has 0 spiro atoms. The van der Waals surface area contributed by atoms with Crippen molar-refractivity contribution in [1.82, 2.24) is 4.57 Å². The lowest BCUT2D eigenvalue weighted by Gasteiger charge is -2.15. The van der Waals surface area contributed by atoms with E-state index in [0.29, 0.717) is 0 Å². The summed E-state index contributed by atoms with van der Waals surface area (Å²) in [6, 6.07) is 17.2. The summed E-state index contributed by atoms with van der Waals surface area (Å²) >= 11 is 6.91. The molecule has 0 atom stereocenters. The minimum Gasteiger partial charge on any atom is -0.341 e. The Morgan fingerprint density at radius 1 is 1.00 bits per heavy atom. The highest BCUT2D eigenvalue weighted by Gasteiger charge is 2.43. The molecule has 2 heterocycles. The van der Waals surface area contributed by atoms with Gasteiger partial charge in [-0.05, 0) is 63.8 Å². The van der Waals surface area contributed by atoms with Gasteiger partial charge in [-0.3, -0.25) is 0 Å². The number of nitrogens with zero attached hydrogens (tertiary/aromatic N) is 2. The quantitative estimate of drug-likeness (QED) is 0.357. The largest absolute Gasteiger partial charge is 0.341 e. The van der Waals surface area contributed by atoms with Gasteiger partial charge in [0.25, 0.3) is 0 Å². The number of fused-ring (bicyclic) bond motifs is 2. The third-order valence-corrected chi connectivity index (χ3v) is 8.15. The lowest BCUT2D eigenvalue weighted by Crippen LogP contribution is -2.27. The molecule has 0 radical (unpaired) electrons. The van der Waals surface area contributed by atoms with Gasteiger partial charge in [0.15, 0.2) is 5.71 Å². The maximum absolute atomic E-state index is 6.91. The van der Waals surface area contributed by atoms with Crippen molar-refractivity contribution in [3.8, 4) is 0 Å². The van der Waals surface area contributed by atoms with Gasteiger partial charge >= 0.3 is 0 Å². The molecule has 35 heavy (non-hydrogen) atoms. The van der Waals surface area contributed by atoms with Gasteiger partial charge in [0.1, 0.15) is 6.54 Å². The van der Waals surface area contributed by atoms with E-state index in [1.165, 1.54) is 39.0 Å². The molecule has 178 valence electrons. The number of allylic oxidation sites excluding steroid dienone is 6. The van der Waals surface area contributed by atoms with Crippen molar-refractivity contribution >= 4 is 46.6 Å². The molecule has 2 aliphatic rings. The van der Waals surface area contributed by atoms with E-state index in [2.05, 4.69) is 116 Å². The van der Waals surface area contributed by atoms with Crippen molar-refractivity contribution in [2.75, 3.05) is 6.54 Å². The van der Waals surface area contributed by atoms with Crippen molar-refractivity contribution in [2.24, 2.45) is 0 Å². The van der Waals surface area contributed by atoms with Crippen molar-refractivity contribution in [2.45, 2.75) is 52.5 Å². The van der Waals surface area contributed by atoms with E-state index in [4.69, 9.17) is 11.6 Å². The number of hydrogen-bond acceptors (Lipinski definition) is 0. The highest BCUT2D eigenvalue weighted by molar-refractivity contribution is 6.33. The third kappa shape index (κ3) is 3.85. The van der Waals surface area contributed by atoms with Crippen LogP contribution in [-0.4, -0.2) is 21.4 Å². The van der Waals surface area contributed by atoms with Crippen LogP contribution in [0.15, 0.2) is 82.9 Å². The number of para-hydroxylation sites is 2. The SMILES string of the molecule is C=c1/c(=C\C=C2/CCC(/C=C/C3=[N+](CC)c4ccccc4C3(C)C)=C2Cl)n(CC)c2ccccc12. The van der Waals surface area contributed by atoms with Gasteiger partial charge in [-0.1, -0.05) is 66.7 Å². The van der Waals surface area contributed by atoms with Crippen molar-refractivity contribution < 1.29 is 4.58 Å². The standard InChI is InChI=1S/C32H34ClN2/c1-6-34-27(22(3)25-12-8-10-14-28(25)34)20-18-23-16-17-24(31(23)33)19-21-30-32(4,5)26-13-9-11-15-29(26)35(30)7-2/h8-15,18-21H,3,6-7,16-17H2,1-2,4-5H3/q+1. The Kier molecular flexibility index (Phi) is 6.19. The molecule has 0 fully saturated rings. The molecule has 1 aliphatic carbocycles. The molecule has 0 bridgehead atoms. The first-order valence-electron chi connectivity index (χ1n) is 12.7. The lowest BCUT2D eigenvalue weighted by atomic mass is 9.81. The van der Waals surface area contributed by atoms with Gasteiger partial charge < -0.3 is 4.57 Å². The smallest absolute Gasteiger partial charge is 0.209 e. The molecule has 0 amide bonds. The molecule has 5 rings (SSSR count). The summed E-state index contributed by atoms with van der Waals surface area (Å²) in [4.78, 5) is 0. The number of aromatic nitrogens is 1. The monoisotopic (exact) mass is 481 g/mol. The Hall–Kier alpha value is -3.10. The molecule has 0 unspecified atom stereocenters. The van der Waals surface area contributed by atoms with Crippen LogP contribution in [0.3, 0.4) is 0 Å². The molecular weight excluding hydrogens is 448 g/mol. The molecule has 1 aliphatic heterocycles. The van der Waals surface area contributed by atoms with Crippen LogP contribution in [0.1, 0.15) is 46.1 Å². The predicted molar refractivity (Wildman–Crippen MR) is 151 cm³/mol. The number of rotatable bonds is 5. The van der Waals surface area contributed by atoms with Crippen LogP contribution in [0, 0.1) is 0 Å². The second-order valence-corrected chi connectivity index (χ2v) is 10.3. The minimum atomic E-state index is -0.0285. The first-order chi connectivity index (χ1) is 16.9. The first-order valence-corrected chi connectivity index (χ1v) is 13.0. The van der Waals surface area contributed by atoms with Gasteiger partial charge in [-0.15, -0.1) is 0 Å². The van der Waals surface area contributed by atoms with Crippen LogP contribution >= 0.6 is 11.6 Å². The summed E-state index contributed by atoms with van der Waals surface area (Å²) in [6.45, 7) is 15.3. The Morgan fingerprint density at radius 3 is 2.51 bits per heavy atom. The number of aryl methyl sites for hydroxylation is 1. The van der Waals surface area contributed by atoms with Gasteiger partial charge in [-0.2, -0.15) is 4.58 Å². The Labute approximate surface area is 213 Å². The second-order valence-electron chi connectivity index (χ2n) is 9.93. The highest BCUT2D eigenvalue weighted by Crippen LogP contribution is 2.40. The predicted octanol–water partition coefficient (Wildman–Crippen LogP) is 6.72. The van der Waals surface area contributed by atoms with E-state index in [-0.39, 0.29) is 5.41 Å². The molecule has 3 heteroatoms. The molecule has 3 aromatic rings. The Bertz CT molecular complexity index is 1560. The maximum atomic E-state index is 6.91. The summed E-state index contributed by atoms with van der Waals surface area (Å²) < 4.78 is 4.76. The fourth-order valence-electron chi connectivity index (χ4n) is 5.77. The van der Waals surface area contributed by atoms with Crippen LogP contribution in [0.2, 0.25) is 0 Å². The van der Waals surface area contributed by atoms with Crippen LogP contribution in [-0.2, 0) is 12.0 Å². The van der Waals surface area contributed by atoms with E-state index in [9.17, 15) is 0 Å². The molecule has 0 saturated heterocycles. The summed E-state index contributed by atoms with van der Waals surface area (Å²) in [5.41, 5.74) is 7.65. The lowest BCUT2D eigenvalue weighted by molar-refractivity contribution is -0.433. The average molecular weight is 482 g/mol. The summed E-state index contributed by atoms with van der Waals surface area (Å²) in [5, 5.41) is 4.35. The van der Waals surface area contributed by atoms with E-state index < -0.39 is 0 Å². The van der Waals surface area contributed by atoms with Crippen LogP contribution < -0.4 is 10.6 Å². The molecule has 1 aromatic heterocycles. The van der Waals surface area contributed by atoms with Gasteiger partial charge in [0, 0.05) is 50.8 Å². The van der Waals surface area contributed by atoms with Crippen molar-refractivity contribution in [1.29, 1.82) is 0 Å². The van der Waals surface area contributed by atoms with E-state index in [0.717, 1.165) is 41.5 Å². The van der Waals surface area contributed by atoms with Crippen LogP contribution in [0.5, 0.6) is 0 Å². The normalized spacial score (nSPS) is 19.2. The minimum absolute atomic E-state index is 0.0285. The molecule has 0 saturated carbocycles.